The molecule has 0 aliphatic carbocycles. The minimum absolute atomic E-state index is 0.140. The van der Waals surface area contributed by atoms with E-state index in [1.165, 1.54) is 5.56 Å². The Morgan fingerprint density at radius 3 is 1.88 bits per heavy atom. The van der Waals surface area contributed by atoms with Gasteiger partial charge in [-0.25, -0.2) is 0 Å². The third-order valence-corrected chi connectivity index (χ3v) is 6.94. The second-order valence-corrected chi connectivity index (χ2v) is 11.5. The van der Waals surface area contributed by atoms with Crippen LogP contribution in [0.15, 0.2) is 97.2 Å². The number of nitrogens with two attached hydrogens (primary N) is 3. The van der Waals surface area contributed by atoms with Crippen LogP contribution in [0.2, 0.25) is 0 Å². The molecule has 0 spiro atoms. The lowest BCUT2D eigenvalue weighted by Crippen LogP contribution is -2.33. The summed E-state index contributed by atoms with van der Waals surface area (Å²) in [5, 5.41) is 2.73. The second kappa shape index (κ2) is 16.9. The van der Waals surface area contributed by atoms with Crippen LogP contribution in [-0.2, 0) is 11.3 Å². The van der Waals surface area contributed by atoms with Gasteiger partial charge in [-0.1, -0.05) is 107 Å². The molecular formula is C34H47N5O2. The largest absolute Gasteiger partial charge is 0.397 e. The standard InChI is InChI=1S/C22H30N2.C12H17N3O2/c1-18(22(2,3)4)15-24(16-19-11-7-5-8-12-19)17-21(23)20-13-9-6-10-14-20;13-10(8-11(14)16)6-7-15-12(17)9-4-2-1-3-5-9/h5-14,17-18H,15-16,23H2,1-4H3;1-5,10H,6-8,13H2,(H2,14,16)(H,15,17)/b21-17-;/t18-;10-/m01/s1. The van der Waals surface area contributed by atoms with Crippen molar-refractivity contribution < 1.29 is 9.59 Å². The molecule has 7 nitrogen and oxygen atoms in total. The van der Waals surface area contributed by atoms with Crippen molar-refractivity contribution in [3.63, 3.8) is 0 Å². The van der Waals surface area contributed by atoms with Crippen LogP contribution < -0.4 is 22.5 Å². The molecule has 0 unspecified atom stereocenters. The third-order valence-electron chi connectivity index (χ3n) is 6.94. The van der Waals surface area contributed by atoms with Gasteiger partial charge in [0, 0.05) is 43.9 Å². The van der Waals surface area contributed by atoms with Crippen molar-refractivity contribution in [2.45, 2.75) is 53.1 Å². The Labute approximate surface area is 245 Å². The van der Waals surface area contributed by atoms with Crippen LogP contribution in [0.5, 0.6) is 0 Å². The van der Waals surface area contributed by atoms with Gasteiger partial charge >= 0.3 is 0 Å². The van der Waals surface area contributed by atoms with Crippen LogP contribution in [-0.4, -0.2) is 35.8 Å². The lowest BCUT2D eigenvalue weighted by Gasteiger charge is -2.33. The number of nitrogens with zero attached hydrogens (tertiary/aromatic N) is 1. The summed E-state index contributed by atoms with van der Waals surface area (Å²) in [7, 11) is 0. The summed E-state index contributed by atoms with van der Waals surface area (Å²) in [6, 6.07) is 29.4. The highest BCUT2D eigenvalue weighted by atomic mass is 16.2. The van der Waals surface area contributed by atoms with E-state index in [9.17, 15) is 9.59 Å². The molecule has 41 heavy (non-hydrogen) atoms. The van der Waals surface area contributed by atoms with E-state index in [4.69, 9.17) is 17.2 Å². The Hall–Kier alpha value is -4.10. The van der Waals surface area contributed by atoms with Crippen LogP contribution >= 0.6 is 0 Å². The van der Waals surface area contributed by atoms with Crippen molar-refractivity contribution in [3.8, 4) is 0 Å². The highest BCUT2D eigenvalue weighted by molar-refractivity contribution is 5.94. The predicted molar refractivity (Wildman–Crippen MR) is 169 cm³/mol. The smallest absolute Gasteiger partial charge is 0.251 e. The van der Waals surface area contributed by atoms with E-state index in [2.05, 4.69) is 86.6 Å². The van der Waals surface area contributed by atoms with Gasteiger partial charge in [-0.05, 0) is 41.0 Å². The van der Waals surface area contributed by atoms with Gasteiger partial charge in [-0.15, -0.1) is 0 Å². The fourth-order valence-electron chi connectivity index (χ4n) is 3.93. The quantitative estimate of drug-likeness (QED) is 0.245. The van der Waals surface area contributed by atoms with E-state index in [1.54, 1.807) is 24.3 Å². The summed E-state index contributed by atoms with van der Waals surface area (Å²) < 4.78 is 0. The molecular weight excluding hydrogens is 510 g/mol. The molecule has 0 saturated heterocycles. The molecule has 0 radical (unpaired) electrons. The van der Waals surface area contributed by atoms with Crippen LogP contribution in [0, 0.1) is 11.3 Å². The number of hydrogen-bond acceptors (Lipinski definition) is 5. The first kappa shape index (κ1) is 33.1. The summed E-state index contributed by atoms with van der Waals surface area (Å²) in [6.07, 6.45) is 2.77. The summed E-state index contributed by atoms with van der Waals surface area (Å²) in [5.41, 5.74) is 21.1. The molecule has 0 aromatic heterocycles. The van der Waals surface area contributed by atoms with Crippen LogP contribution in [0.3, 0.4) is 0 Å². The zero-order valence-electron chi connectivity index (χ0n) is 24.9. The number of nitrogens with one attached hydrogen (secondary N) is 1. The molecule has 220 valence electrons. The molecule has 0 saturated carbocycles. The Balaban J connectivity index is 0.000000305. The minimum atomic E-state index is -0.424. The minimum Gasteiger partial charge on any atom is -0.397 e. The van der Waals surface area contributed by atoms with E-state index < -0.39 is 5.91 Å². The van der Waals surface area contributed by atoms with Gasteiger partial charge < -0.3 is 27.4 Å². The van der Waals surface area contributed by atoms with Gasteiger partial charge in [0.15, 0.2) is 0 Å². The highest BCUT2D eigenvalue weighted by Gasteiger charge is 2.22. The SMILES string of the molecule is C[C@@H](CN(/C=C(\N)c1ccccc1)Cc1ccccc1)C(C)(C)C.NC(=O)C[C@H](N)CCNC(=O)c1ccccc1. The van der Waals surface area contributed by atoms with E-state index in [1.807, 2.05) is 24.3 Å². The zero-order chi connectivity index (χ0) is 30.3. The molecule has 3 rings (SSSR count). The Kier molecular flexibility index (Phi) is 13.6. The van der Waals surface area contributed by atoms with Crippen LogP contribution in [0.25, 0.3) is 5.70 Å². The molecule has 0 fully saturated rings. The third kappa shape index (κ3) is 13.2. The fraction of sp³-hybridized carbons (Fsp3) is 0.353. The number of carbonyl (C=O) groups is 2. The summed E-state index contributed by atoms with van der Waals surface area (Å²) in [5.74, 6) is -0.00945. The van der Waals surface area contributed by atoms with Gasteiger partial charge in [0.25, 0.3) is 5.91 Å². The highest BCUT2D eigenvalue weighted by Crippen LogP contribution is 2.27. The average molecular weight is 558 g/mol. The van der Waals surface area contributed by atoms with Crippen molar-refractivity contribution in [2.75, 3.05) is 13.1 Å². The van der Waals surface area contributed by atoms with E-state index in [0.29, 0.717) is 24.4 Å². The average Bonchev–Trinajstić information content (AvgIpc) is 2.94. The normalized spacial score (nSPS) is 12.9. The fourth-order valence-corrected chi connectivity index (χ4v) is 3.93. The zero-order valence-corrected chi connectivity index (χ0v) is 24.9. The second-order valence-electron chi connectivity index (χ2n) is 11.5. The molecule has 0 aliphatic rings. The van der Waals surface area contributed by atoms with Gasteiger partial charge in [-0.3, -0.25) is 9.59 Å². The van der Waals surface area contributed by atoms with Gasteiger partial charge in [0.05, 0.1) is 5.70 Å². The van der Waals surface area contributed by atoms with Crippen molar-refractivity contribution in [1.82, 2.24) is 10.2 Å². The topological polar surface area (TPSA) is 127 Å². The van der Waals surface area contributed by atoms with Crippen molar-refractivity contribution in [1.29, 1.82) is 0 Å². The first-order chi connectivity index (χ1) is 19.5. The van der Waals surface area contributed by atoms with Crippen molar-refractivity contribution >= 4 is 17.5 Å². The monoisotopic (exact) mass is 557 g/mol. The van der Waals surface area contributed by atoms with E-state index in [-0.39, 0.29) is 23.8 Å². The van der Waals surface area contributed by atoms with Crippen molar-refractivity contribution in [3.05, 3.63) is 114 Å². The van der Waals surface area contributed by atoms with Crippen molar-refractivity contribution in [2.24, 2.45) is 28.5 Å². The van der Waals surface area contributed by atoms with Gasteiger partial charge in [0.2, 0.25) is 5.91 Å². The predicted octanol–water partition coefficient (Wildman–Crippen LogP) is 5.14. The lowest BCUT2D eigenvalue weighted by molar-refractivity contribution is -0.118. The molecule has 3 aromatic rings. The molecule has 2 amide bonds. The maximum absolute atomic E-state index is 11.6. The maximum atomic E-state index is 11.6. The van der Waals surface area contributed by atoms with Crippen LogP contribution in [0.4, 0.5) is 0 Å². The summed E-state index contributed by atoms with van der Waals surface area (Å²) in [4.78, 5) is 24.5. The number of rotatable bonds is 12. The number of primary amides is 1. The molecule has 3 aromatic carbocycles. The first-order valence-electron chi connectivity index (χ1n) is 14.1. The molecule has 0 heterocycles. The number of benzene rings is 3. The number of amides is 2. The first-order valence-corrected chi connectivity index (χ1v) is 14.1. The summed E-state index contributed by atoms with van der Waals surface area (Å²) in [6.45, 7) is 11.5. The molecule has 7 heteroatoms. The van der Waals surface area contributed by atoms with E-state index >= 15 is 0 Å². The maximum Gasteiger partial charge on any atom is 0.251 e. The molecule has 2 atom stereocenters. The lowest BCUT2D eigenvalue weighted by atomic mass is 9.82. The molecule has 0 aliphatic heterocycles. The Bertz CT molecular complexity index is 1210. The molecule has 0 bridgehead atoms. The summed E-state index contributed by atoms with van der Waals surface area (Å²) >= 11 is 0. The number of carbonyl (C=O) groups excluding carboxylic acids is 2. The van der Waals surface area contributed by atoms with Gasteiger partial charge in [-0.2, -0.15) is 0 Å². The van der Waals surface area contributed by atoms with Gasteiger partial charge in [0.1, 0.15) is 0 Å². The van der Waals surface area contributed by atoms with Crippen LogP contribution in [0.1, 0.15) is 62.0 Å². The Morgan fingerprint density at radius 1 is 0.854 bits per heavy atom. The molecule has 7 N–H and O–H groups in total. The number of hydrogen-bond donors (Lipinski definition) is 4. The van der Waals surface area contributed by atoms with E-state index in [0.717, 1.165) is 24.4 Å². The Morgan fingerprint density at radius 2 is 1.37 bits per heavy atom.